The molecule has 0 aromatic rings. The Bertz CT molecular complexity index is 476. The molecule has 0 aliphatic rings. The predicted octanol–water partition coefficient (Wildman–Crippen LogP) is 3.31. The summed E-state index contributed by atoms with van der Waals surface area (Å²) in [5, 5.41) is 0. The van der Waals surface area contributed by atoms with Gasteiger partial charge in [0.25, 0.3) is 0 Å². The average molecular weight is 517 g/mol. The molecule has 0 unspecified atom stereocenters. The smallest absolute Gasteiger partial charge is 1.00 e. The third-order valence-corrected chi connectivity index (χ3v) is 6.33. The van der Waals surface area contributed by atoms with Gasteiger partial charge >= 0.3 is 82.2 Å². The minimum atomic E-state index is -0.535. The summed E-state index contributed by atoms with van der Waals surface area (Å²) in [5.41, 5.74) is -1.07. The van der Waals surface area contributed by atoms with E-state index >= 15 is 0 Å². The van der Waals surface area contributed by atoms with Crippen molar-refractivity contribution >= 4 is 11.9 Å². The van der Waals surface area contributed by atoms with Gasteiger partial charge in [0.05, 0.1) is 0 Å². The molecule has 6 heteroatoms. The van der Waals surface area contributed by atoms with E-state index < -0.39 is 23.1 Å². The van der Waals surface area contributed by atoms with Crippen LogP contribution in [0.1, 0.15) is 166 Å². The molecule has 0 heterocycles. The maximum absolute atomic E-state index is 12.3. The maximum atomic E-state index is 12.3. The zero-order valence-corrected chi connectivity index (χ0v) is 28.2. The third-order valence-electron chi connectivity index (χ3n) is 6.33. The fourth-order valence-corrected chi connectivity index (χ4v) is 4.28. The molecule has 35 heavy (non-hydrogen) atoms. The zero-order valence-electron chi connectivity index (χ0n) is 27.1. The summed E-state index contributed by atoms with van der Waals surface area (Å²) in [5.74, 6) is -0.958. The van der Waals surface area contributed by atoms with E-state index in [4.69, 9.17) is 9.47 Å². The van der Waals surface area contributed by atoms with E-state index in [1.54, 1.807) is 0 Å². The topological polar surface area (TPSA) is 52.6 Å². The van der Waals surface area contributed by atoms with Gasteiger partial charge in [0, 0.05) is 0 Å². The Labute approximate surface area is 276 Å². The second-order valence-corrected chi connectivity index (χ2v) is 11.1. The Kier molecular flexibility index (Phi) is 29.6. The molecule has 0 saturated carbocycles. The Hall–Kier alpha value is 1.17. The van der Waals surface area contributed by atoms with Gasteiger partial charge in [-0.15, -0.1) is 0 Å². The van der Waals surface area contributed by atoms with E-state index in [1.165, 1.54) is 89.9 Å². The molecule has 200 valence electrons. The number of unbranched alkanes of at least 4 members (excludes halogenated alkanes) is 14. The molecule has 0 rings (SSSR count). The van der Waals surface area contributed by atoms with Crippen LogP contribution < -0.4 is 70.2 Å². The third kappa shape index (κ3) is 28.0. The van der Waals surface area contributed by atoms with E-state index in [2.05, 4.69) is 13.8 Å². The fourth-order valence-electron chi connectivity index (χ4n) is 4.28. The number of esters is 2. The van der Waals surface area contributed by atoms with Gasteiger partial charge in [-0.1, -0.05) is 104 Å². The van der Waals surface area contributed by atoms with Gasteiger partial charge in [-0.05, 0) is 53.4 Å². The normalized spacial score (nSPS) is 11.4. The second-order valence-electron chi connectivity index (χ2n) is 11.1. The van der Waals surface area contributed by atoms with E-state index in [-0.39, 0.29) is 79.5 Å². The molecule has 0 fully saturated rings. The van der Waals surface area contributed by atoms with Crippen LogP contribution in [-0.4, -0.2) is 23.1 Å². The van der Waals surface area contributed by atoms with Crippen molar-refractivity contribution < 1.29 is 92.2 Å². The molecule has 4 nitrogen and oxygen atoms in total. The van der Waals surface area contributed by atoms with E-state index in [0.29, 0.717) is 0 Å². The van der Waals surface area contributed by atoms with Crippen molar-refractivity contribution in [3.63, 3.8) is 0 Å². The van der Waals surface area contributed by atoms with Crippen LogP contribution in [0.25, 0.3) is 0 Å². The molecule has 0 aromatic heterocycles. The van der Waals surface area contributed by atoms with Gasteiger partial charge in [0.1, 0.15) is 17.6 Å². The fraction of sp³-hybridized carbons (Fsp3) is 0.931. The average Bonchev–Trinajstić information content (AvgIpc) is 2.70. The zero-order chi connectivity index (χ0) is 25.0. The molecule has 0 spiro atoms. The predicted molar refractivity (Wildman–Crippen MR) is 142 cm³/mol. The SMILES string of the molecule is CCCCCCCCCCC(C)(C)OC(=O)CC(=O)OC(C)(C)CCCCCCCCCC.[H-].[H-].[K+].[Li+]. The summed E-state index contributed by atoms with van der Waals surface area (Å²) in [4.78, 5) is 24.5. The summed E-state index contributed by atoms with van der Waals surface area (Å²) in [7, 11) is 0. The van der Waals surface area contributed by atoms with Gasteiger partial charge in [-0.3, -0.25) is 9.59 Å². The van der Waals surface area contributed by atoms with Crippen molar-refractivity contribution in [2.75, 3.05) is 0 Å². The number of hydrogen-bond donors (Lipinski definition) is 0. The van der Waals surface area contributed by atoms with Crippen molar-refractivity contribution in [1.82, 2.24) is 0 Å². The molecular formula is C29H58KLiO4. The first-order valence-electron chi connectivity index (χ1n) is 14.1. The molecule has 0 aromatic carbocycles. The van der Waals surface area contributed by atoms with Crippen LogP contribution in [0.4, 0.5) is 0 Å². The van der Waals surface area contributed by atoms with Crippen LogP contribution in [-0.2, 0) is 19.1 Å². The van der Waals surface area contributed by atoms with Crippen molar-refractivity contribution in [3.05, 3.63) is 0 Å². The number of carbonyl (C=O) groups excluding carboxylic acids is 2. The minimum Gasteiger partial charge on any atom is -1.00 e. The van der Waals surface area contributed by atoms with Crippen LogP contribution in [0, 0.1) is 0 Å². The molecule has 0 N–H and O–H groups in total. The Morgan fingerprint density at radius 3 is 1.09 bits per heavy atom. The standard InChI is InChI=1S/C29H56O4.K.Li.2H/c1-7-9-11-13-15-17-19-21-23-28(3,4)32-26(30)25-27(31)33-29(5,6)24-22-20-18-16-14-12-10-8-2;;;;/h7-25H2,1-6H3;;;;/q;2*+1;2*-1. The Morgan fingerprint density at radius 2 is 0.800 bits per heavy atom. The van der Waals surface area contributed by atoms with E-state index in [0.717, 1.165) is 25.7 Å². The molecule has 0 saturated heterocycles. The number of rotatable bonds is 22. The van der Waals surface area contributed by atoms with Crippen molar-refractivity contribution in [2.45, 2.75) is 175 Å². The van der Waals surface area contributed by atoms with Crippen molar-refractivity contribution in [2.24, 2.45) is 0 Å². The molecule has 0 radical (unpaired) electrons. The minimum absolute atomic E-state index is 0. The van der Waals surface area contributed by atoms with Crippen LogP contribution in [0.3, 0.4) is 0 Å². The largest absolute Gasteiger partial charge is 1.00 e. The molecular weight excluding hydrogens is 458 g/mol. The van der Waals surface area contributed by atoms with Gasteiger partial charge in [-0.25, -0.2) is 0 Å². The van der Waals surface area contributed by atoms with Crippen molar-refractivity contribution in [3.8, 4) is 0 Å². The Morgan fingerprint density at radius 1 is 0.543 bits per heavy atom. The number of carbonyl (C=O) groups is 2. The monoisotopic (exact) mass is 516 g/mol. The molecule has 0 aliphatic heterocycles. The van der Waals surface area contributed by atoms with Crippen LogP contribution >= 0.6 is 0 Å². The van der Waals surface area contributed by atoms with Gasteiger partial charge < -0.3 is 12.3 Å². The molecule has 0 amide bonds. The first kappa shape index (κ1) is 40.7. The summed E-state index contributed by atoms with van der Waals surface area (Å²) >= 11 is 0. The Balaban J connectivity index is -0.000000853. The van der Waals surface area contributed by atoms with Crippen LogP contribution in [0.2, 0.25) is 0 Å². The van der Waals surface area contributed by atoms with Crippen LogP contribution in [0.5, 0.6) is 0 Å². The number of hydrogen-bond acceptors (Lipinski definition) is 4. The van der Waals surface area contributed by atoms with Crippen LogP contribution in [0.15, 0.2) is 0 Å². The van der Waals surface area contributed by atoms with Gasteiger partial charge in [0.15, 0.2) is 0 Å². The maximum Gasteiger partial charge on any atom is 1.00 e. The summed E-state index contributed by atoms with van der Waals surface area (Å²) in [6.07, 6.45) is 21.4. The molecule has 0 aliphatic carbocycles. The quantitative estimate of drug-likeness (QED) is 0.0959. The summed E-state index contributed by atoms with van der Waals surface area (Å²) < 4.78 is 11.2. The first-order chi connectivity index (χ1) is 15.6. The van der Waals surface area contributed by atoms with Gasteiger partial charge in [0.2, 0.25) is 0 Å². The van der Waals surface area contributed by atoms with E-state index in [1.807, 2.05) is 27.7 Å². The summed E-state index contributed by atoms with van der Waals surface area (Å²) in [6.45, 7) is 12.2. The number of ether oxygens (including phenoxy) is 2. The van der Waals surface area contributed by atoms with Crippen molar-refractivity contribution in [1.29, 1.82) is 0 Å². The molecule has 0 atom stereocenters. The summed E-state index contributed by atoms with van der Waals surface area (Å²) in [6, 6.07) is 0. The van der Waals surface area contributed by atoms with Gasteiger partial charge in [-0.2, -0.15) is 0 Å². The molecule has 0 bridgehead atoms. The second kappa shape index (κ2) is 25.5. The van der Waals surface area contributed by atoms with E-state index in [9.17, 15) is 9.59 Å². The first-order valence-corrected chi connectivity index (χ1v) is 14.1.